The fraction of sp³-hybridized carbons (Fsp3) is 0.182. The van der Waals surface area contributed by atoms with Gasteiger partial charge in [-0.05, 0) is 30.8 Å². The highest BCUT2D eigenvalue weighted by atomic mass is 32.1. The molecular formula is C22H22N2O3S. The molecule has 5 nitrogen and oxygen atoms in total. The molecule has 0 bridgehead atoms. The number of benzene rings is 2. The van der Waals surface area contributed by atoms with Gasteiger partial charge in [-0.25, -0.2) is 4.79 Å². The van der Waals surface area contributed by atoms with Crippen LogP contribution >= 0.6 is 12.2 Å². The number of carbonyl (C=O) groups is 1. The van der Waals surface area contributed by atoms with Crippen molar-refractivity contribution in [3.8, 4) is 5.75 Å². The van der Waals surface area contributed by atoms with Crippen LogP contribution in [0.4, 0.5) is 0 Å². The highest BCUT2D eigenvalue weighted by Gasteiger charge is 2.34. The van der Waals surface area contributed by atoms with Gasteiger partial charge in [-0.15, -0.1) is 0 Å². The van der Waals surface area contributed by atoms with Gasteiger partial charge in [-0.2, -0.15) is 0 Å². The monoisotopic (exact) mass is 394 g/mol. The van der Waals surface area contributed by atoms with Crippen molar-refractivity contribution in [2.45, 2.75) is 13.0 Å². The third-order valence-corrected chi connectivity index (χ3v) is 4.44. The lowest BCUT2D eigenvalue weighted by Gasteiger charge is -2.32. The van der Waals surface area contributed by atoms with Crippen LogP contribution in [0.5, 0.6) is 5.75 Å². The molecule has 6 heteroatoms. The number of carbonyl (C=O) groups excluding carboxylic acids is 1. The molecule has 0 spiro atoms. The van der Waals surface area contributed by atoms with E-state index in [1.165, 1.54) is 0 Å². The second-order valence-corrected chi connectivity index (χ2v) is 6.45. The van der Waals surface area contributed by atoms with E-state index in [9.17, 15) is 4.79 Å². The molecule has 0 unspecified atom stereocenters. The molecule has 0 amide bonds. The van der Waals surface area contributed by atoms with Crippen LogP contribution in [-0.4, -0.2) is 24.3 Å². The summed E-state index contributed by atoms with van der Waals surface area (Å²) in [4.78, 5) is 12.9. The first-order valence-corrected chi connectivity index (χ1v) is 9.43. The summed E-state index contributed by atoms with van der Waals surface area (Å²) in [6.07, 6.45) is 1.68. The van der Waals surface area contributed by atoms with Crippen LogP contribution in [-0.2, 0) is 9.53 Å². The minimum Gasteiger partial charge on any atom is -0.489 e. The van der Waals surface area contributed by atoms with Crippen LogP contribution < -0.4 is 15.4 Å². The van der Waals surface area contributed by atoms with Gasteiger partial charge in [0.1, 0.15) is 12.4 Å². The van der Waals surface area contributed by atoms with E-state index in [0.29, 0.717) is 28.7 Å². The van der Waals surface area contributed by atoms with Crippen molar-refractivity contribution in [1.82, 2.24) is 10.6 Å². The first-order chi connectivity index (χ1) is 13.7. The fourth-order valence-electron chi connectivity index (χ4n) is 3.06. The molecular weight excluding hydrogens is 372 g/mol. The Morgan fingerprint density at radius 3 is 2.61 bits per heavy atom. The van der Waals surface area contributed by atoms with E-state index < -0.39 is 12.0 Å². The number of nitrogens with one attached hydrogen (secondary N) is 2. The zero-order valence-corrected chi connectivity index (χ0v) is 16.4. The molecule has 0 aromatic heterocycles. The second-order valence-electron chi connectivity index (χ2n) is 6.04. The van der Waals surface area contributed by atoms with Gasteiger partial charge in [0.15, 0.2) is 5.11 Å². The lowest BCUT2D eigenvalue weighted by atomic mass is 9.92. The van der Waals surface area contributed by atoms with Crippen LogP contribution in [0.3, 0.4) is 0 Å². The van der Waals surface area contributed by atoms with E-state index >= 15 is 0 Å². The topological polar surface area (TPSA) is 59.6 Å². The quantitative estimate of drug-likeness (QED) is 0.424. The molecule has 1 aliphatic heterocycles. The van der Waals surface area contributed by atoms with E-state index in [1.807, 2.05) is 54.6 Å². The number of para-hydroxylation sites is 1. The predicted octanol–water partition coefficient (Wildman–Crippen LogP) is 3.74. The summed E-state index contributed by atoms with van der Waals surface area (Å²) < 4.78 is 11.2. The predicted molar refractivity (Wildman–Crippen MR) is 114 cm³/mol. The number of hydrogen-bond acceptors (Lipinski definition) is 4. The second kappa shape index (κ2) is 9.19. The van der Waals surface area contributed by atoms with Crippen molar-refractivity contribution in [2.75, 3.05) is 13.2 Å². The molecule has 0 saturated heterocycles. The standard InChI is InChI=1S/C22H22N2O3S/c1-3-14-27-17-13-9-8-12-16(17)20-18(21(25)26-4-2)19(23-22(28)24-20)15-10-6-5-7-11-15/h3,5-13,20H,1,4,14H2,2H3,(H2,23,24,28)/t20-/m1/s1. The lowest BCUT2D eigenvalue weighted by Crippen LogP contribution is -2.45. The molecule has 1 atom stereocenters. The van der Waals surface area contributed by atoms with E-state index in [2.05, 4.69) is 17.2 Å². The van der Waals surface area contributed by atoms with Crippen molar-refractivity contribution >= 4 is 29.0 Å². The van der Waals surface area contributed by atoms with E-state index in [-0.39, 0.29) is 6.61 Å². The number of rotatable bonds is 7. The van der Waals surface area contributed by atoms with Crippen LogP contribution in [0.25, 0.3) is 5.70 Å². The Morgan fingerprint density at radius 2 is 1.89 bits per heavy atom. The lowest BCUT2D eigenvalue weighted by molar-refractivity contribution is -0.138. The number of thiocarbonyl (C=S) groups is 1. The molecule has 0 aliphatic carbocycles. The molecule has 0 fully saturated rings. The Labute approximate surface area is 170 Å². The molecule has 2 N–H and O–H groups in total. The molecule has 0 saturated carbocycles. The molecule has 144 valence electrons. The van der Waals surface area contributed by atoms with Gasteiger partial charge in [0, 0.05) is 5.56 Å². The van der Waals surface area contributed by atoms with Crippen molar-refractivity contribution in [3.63, 3.8) is 0 Å². The number of esters is 1. The Balaban J connectivity index is 2.17. The Bertz CT molecular complexity index is 909. The maximum absolute atomic E-state index is 12.9. The van der Waals surface area contributed by atoms with Gasteiger partial charge in [-0.3, -0.25) is 0 Å². The molecule has 2 aromatic carbocycles. The zero-order valence-electron chi connectivity index (χ0n) is 15.6. The Kier molecular flexibility index (Phi) is 6.45. The summed E-state index contributed by atoms with van der Waals surface area (Å²) in [6, 6.07) is 16.6. The summed E-state index contributed by atoms with van der Waals surface area (Å²) in [5.41, 5.74) is 2.73. The highest BCUT2D eigenvalue weighted by molar-refractivity contribution is 7.80. The van der Waals surface area contributed by atoms with Crippen molar-refractivity contribution < 1.29 is 14.3 Å². The summed E-state index contributed by atoms with van der Waals surface area (Å²) >= 11 is 5.43. The van der Waals surface area contributed by atoms with E-state index in [4.69, 9.17) is 21.7 Å². The third-order valence-electron chi connectivity index (χ3n) is 4.22. The zero-order chi connectivity index (χ0) is 19.9. The average molecular weight is 394 g/mol. The Morgan fingerprint density at radius 1 is 1.18 bits per heavy atom. The number of hydrogen-bond donors (Lipinski definition) is 2. The van der Waals surface area contributed by atoms with Crippen molar-refractivity contribution in [1.29, 1.82) is 0 Å². The van der Waals surface area contributed by atoms with Gasteiger partial charge in [0.25, 0.3) is 0 Å². The van der Waals surface area contributed by atoms with Crippen LogP contribution in [0.1, 0.15) is 24.1 Å². The minimum absolute atomic E-state index is 0.274. The van der Waals surface area contributed by atoms with Crippen molar-refractivity contribution in [2.24, 2.45) is 0 Å². The van der Waals surface area contributed by atoms with E-state index in [1.54, 1.807) is 13.0 Å². The molecule has 1 heterocycles. The first-order valence-electron chi connectivity index (χ1n) is 9.02. The van der Waals surface area contributed by atoms with Gasteiger partial charge >= 0.3 is 5.97 Å². The highest BCUT2D eigenvalue weighted by Crippen LogP contribution is 2.36. The van der Waals surface area contributed by atoms with Crippen molar-refractivity contribution in [3.05, 3.63) is 84.0 Å². The molecule has 28 heavy (non-hydrogen) atoms. The Hall–Kier alpha value is -3.12. The first kappa shape index (κ1) is 19.6. The van der Waals surface area contributed by atoms with Gasteiger partial charge in [0.05, 0.1) is 23.9 Å². The van der Waals surface area contributed by atoms with E-state index in [0.717, 1.165) is 11.1 Å². The average Bonchev–Trinajstić information content (AvgIpc) is 2.72. The maximum Gasteiger partial charge on any atom is 0.338 e. The van der Waals surface area contributed by atoms with Crippen LogP contribution in [0.15, 0.2) is 72.8 Å². The third kappa shape index (κ3) is 4.23. The van der Waals surface area contributed by atoms with Gasteiger partial charge in [0.2, 0.25) is 0 Å². The summed E-state index contributed by atoms with van der Waals surface area (Å²) in [6.45, 7) is 6.11. The van der Waals surface area contributed by atoms with Crippen LogP contribution in [0.2, 0.25) is 0 Å². The fourth-order valence-corrected chi connectivity index (χ4v) is 3.28. The molecule has 2 aromatic rings. The SMILES string of the molecule is C=CCOc1ccccc1[C@H]1NC(=S)NC(c2ccccc2)=C1C(=O)OCC. The summed E-state index contributed by atoms with van der Waals surface area (Å²) in [7, 11) is 0. The smallest absolute Gasteiger partial charge is 0.338 e. The van der Waals surface area contributed by atoms with Gasteiger partial charge in [-0.1, -0.05) is 61.2 Å². The normalized spacial score (nSPS) is 16.0. The maximum atomic E-state index is 12.9. The summed E-state index contributed by atoms with van der Waals surface area (Å²) in [5, 5.41) is 6.75. The molecule has 3 rings (SSSR count). The summed E-state index contributed by atoms with van der Waals surface area (Å²) in [5.74, 6) is 0.242. The number of ether oxygens (including phenoxy) is 2. The molecule has 1 aliphatic rings. The minimum atomic E-state index is -0.510. The van der Waals surface area contributed by atoms with Gasteiger partial charge < -0.3 is 20.1 Å². The largest absolute Gasteiger partial charge is 0.489 e. The van der Waals surface area contributed by atoms with Crippen LogP contribution in [0, 0.1) is 0 Å². The molecule has 0 radical (unpaired) electrons.